The minimum Gasteiger partial charge on any atom is -0.484 e. The van der Waals surface area contributed by atoms with Gasteiger partial charge in [-0.2, -0.15) is 0 Å². The van der Waals surface area contributed by atoms with Gasteiger partial charge in [-0.25, -0.2) is 0 Å². The van der Waals surface area contributed by atoms with Crippen LogP contribution in [-0.4, -0.2) is 17.4 Å². The van der Waals surface area contributed by atoms with Crippen molar-refractivity contribution < 1.29 is 14.5 Å². The van der Waals surface area contributed by atoms with Crippen molar-refractivity contribution >= 4 is 17.3 Å². The number of hydrogen-bond acceptors (Lipinski definition) is 4. The van der Waals surface area contributed by atoms with Crippen LogP contribution in [0.1, 0.15) is 11.1 Å². The Morgan fingerprint density at radius 2 is 1.77 bits per heavy atom. The Hall–Kier alpha value is -2.89. The number of anilines is 1. The van der Waals surface area contributed by atoms with Gasteiger partial charge >= 0.3 is 0 Å². The first-order chi connectivity index (χ1) is 10.5. The van der Waals surface area contributed by atoms with E-state index in [2.05, 4.69) is 5.32 Å². The van der Waals surface area contributed by atoms with E-state index in [9.17, 15) is 14.9 Å². The predicted octanol–water partition coefficient (Wildman–Crippen LogP) is 3.23. The van der Waals surface area contributed by atoms with Crippen molar-refractivity contribution in [2.75, 3.05) is 11.9 Å². The summed E-state index contributed by atoms with van der Waals surface area (Å²) in [5.74, 6) is 0.117. The van der Waals surface area contributed by atoms with E-state index >= 15 is 0 Å². The molecule has 0 aromatic heterocycles. The first-order valence-electron chi connectivity index (χ1n) is 6.70. The lowest BCUT2D eigenvalue weighted by Gasteiger charge is -2.08. The Balaban J connectivity index is 2.00. The molecule has 0 fully saturated rings. The quantitative estimate of drug-likeness (QED) is 0.679. The zero-order chi connectivity index (χ0) is 16.1. The maximum Gasteiger partial charge on any atom is 0.293 e. The summed E-state index contributed by atoms with van der Waals surface area (Å²) in [7, 11) is 0. The van der Waals surface area contributed by atoms with Crippen LogP contribution in [0.4, 0.5) is 11.4 Å². The molecule has 0 heterocycles. The second-order valence-electron chi connectivity index (χ2n) is 4.93. The van der Waals surface area contributed by atoms with Gasteiger partial charge in [-0.3, -0.25) is 14.9 Å². The number of hydrogen-bond donors (Lipinski definition) is 1. The first-order valence-corrected chi connectivity index (χ1v) is 6.70. The number of nitro groups is 1. The van der Waals surface area contributed by atoms with Gasteiger partial charge in [-0.15, -0.1) is 0 Å². The van der Waals surface area contributed by atoms with Crippen LogP contribution in [0.3, 0.4) is 0 Å². The summed E-state index contributed by atoms with van der Waals surface area (Å²) in [4.78, 5) is 22.3. The molecule has 6 nitrogen and oxygen atoms in total. The zero-order valence-corrected chi connectivity index (χ0v) is 12.3. The standard InChI is InChI=1S/C16H16N2O4/c1-11-3-6-13(7-4-11)22-10-16(19)17-14-8-5-12(2)9-15(14)18(20)21/h3-9H,10H2,1-2H3,(H,17,19). The molecule has 0 atom stereocenters. The van der Waals surface area contributed by atoms with Crippen molar-refractivity contribution in [1.29, 1.82) is 0 Å². The number of benzene rings is 2. The fraction of sp³-hybridized carbons (Fsp3) is 0.188. The van der Waals surface area contributed by atoms with Gasteiger partial charge in [0.1, 0.15) is 11.4 Å². The topological polar surface area (TPSA) is 81.5 Å². The average Bonchev–Trinajstić information content (AvgIpc) is 2.48. The number of nitrogens with zero attached hydrogens (tertiary/aromatic N) is 1. The third-order valence-corrected chi connectivity index (χ3v) is 3.01. The van der Waals surface area contributed by atoms with Gasteiger partial charge in [-0.05, 0) is 37.6 Å². The van der Waals surface area contributed by atoms with Gasteiger partial charge in [0.05, 0.1) is 4.92 Å². The number of carbonyl (C=O) groups excluding carboxylic acids is 1. The molecule has 1 amide bonds. The number of nitrogens with one attached hydrogen (secondary N) is 1. The van der Waals surface area contributed by atoms with Crippen LogP contribution in [0.5, 0.6) is 5.75 Å². The Morgan fingerprint density at radius 3 is 2.41 bits per heavy atom. The van der Waals surface area contributed by atoms with Crippen LogP contribution < -0.4 is 10.1 Å². The Labute approximate surface area is 127 Å². The maximum atomic E-state index is 11.9. The summed E-state index contributed by atoms with van der Waals surface area (Å²) in [5.41, 5.74) is 1.87. The highest BCUT2D eigenvalue weighted by atomic mass is 16.6. The lowest BCUT2D eigenvalue weighted by molar-refractivity contribution is -0.384. The second kappa shape index (κ2) is 6.71. The summed E-state index contributed by atoms with van der Waals surface area (Å²) in [6.45, 7) is 3.49. The molecule has 0 aliphatic heterocycles. The number of nitro benzene ring substituents is 1. The van der Waals surface area contributed by atoms with Crippen LogP contribution in [0.15, 0.2) is 42.5 Å². The van der Waals surface area contributed by atoms with Crippen LogP contribution in [0.25, 0.3) is 0 Å². The minimum absolute atomic E-state index is 0.135. The molecule has 6 heteroatoms. The van der Waals surface area contributed by atoms with Crippen molar-refractivity contribution in [3.63, 3.8) is 0 Å². The Bertz CT molecular complexity index is 696. The molecule has 2 aromatic rings. The highest BCUT2D eigenvalue weighted by Crippen LogP contribution is 2.25. The van der Waals surface area contributed by atoms with Crippen molar-refractivity contribution in [3.05, 3.63) is 63.7 Å². The average molecular weight is 300 g/mol. The maximum absolute atomic E-state index is 11.9. The molecular formula is C16H16N2O4. The van der Waals surface area contributed by atoms with E-state index in [-0.39, 0.29) is 18.0 Å². The third-order valence-electron chi connectivity index (χ3n) is 3.01. The first kappa shape index (κ1) is 15.5. The lowest BCUT2D eigenvalue weighted by Crippen LogP contribution is -2.20. The van der Waals surface area contributed by atoms with E-state index in [0.29, 0.717) is 5.75 Å². The molecule has 0 aliphatic rings. The van der Waals surface area contributed by atoms with E-state index in [1.54, 1.807) is 25.1 Å². The third kappa shape index (κ3) is 4.05. The number of aryl methyl sites for hydroxylation is 2. The van der Waals surface area contributed by atoms with Gasteiger partial charge in [0.15, 0.2) is 6.61 Å². The molecular weight excluding hydrogens is 284 g/mol. The van der Waals surface area contributed by atoms with E-state index in [4.69, 9.17) is 4.74 Å². The molecule has 22 heavy (non-hydrogen) atoms. The second-order valence-corrected chi connectivity index (χ2v) is 4.93. The van der Waals surface area contributed by atoms with E-state index in [1.165, 1.54) is 12.1 Å². The normalized spacial score (nSPS) is 10.1. The Kier molecular flexibility index (Phi) is 4.73. The van der Waals surface area contributed by atoms with Gasteiger partial charge in [0.2, 0.25) is 0 Å². The van der Waals surface area contributed by atoms with Crippen molar-refractivity contribution in [2.24, 2.45) is 0 Å². The summed E-state index contributed by atoms with van der Waals surface area (Å²) < 4.78 is 5.34. The van der Waals surface area contributed by atoms with Gasteiger partial charge in [-0.1, -0.05) is 23.8 Å². The molecule has 0 saturated carbocycles. The fourth-order valence-electron chi connectivity index (χ4n) is 1.87. The van der Waals surface area contributed by atoms with Crippen molar-refractivity contribution in [1.82, 2.24) is 0 Å². The van der Waals surface area contributed by atoms with Crippen molar-refractivity contribution in [3.8, 4) is 5.75 Å². The van der Waals surface area contributed by atoms with Gasteiger partial charge in [0, 0.05) is 6.07 Å². The number of rotatable bonds is 5. The highest BCUT2D eigenvalue weighted by molar-refractivity contribution is 5.94. The largest absolute Gasteiger partial charge is 0.484 e. The van der Waals surface area contributed by atoms with Crippen molar-refractivity contribution in [2.45, 2.75) is 13.8 Å². The molecule has 1 N–H and O–H groups in total. The molecule has 2 aromatic carbocycles. The SMILES string of the molecule is Cc1ccc(OCC(=O)Nc2ccc(C)cc2[N+](=O)[O-])cc1. The molecule has 0 unspecified atom stereocenters. The summed E-state index contributed by atoms with van der Waals surface area (Å²) in [5, 5.41) is 13.5. The fourth-order valence-corrected chi connectivity index (χ4v) is 1.87. The summed E-state index contributed by atoms with van der Waals surface area (Å²) in [6, 6.07) is 11.9. The van der Waals surface area contributed by atoms with E-state index in [1.807, 2.05) is 19.1 Å². The predicted molar refractivity (Wildman–Crippen MR) is 83.1 cm³/mol. The molecule has 0 bridgehead atoms. The molecule has 0 saturated heterocycles. The molecule has 114 valence electrons. The summed E-state index contributed by atoms with van der Waals surface area (Å²) >= 11 is 0. The molecule has 0 radical (unpaired) electrons. The zero-order valence-electron chi connectivity index (χ0n) is 12.3. The number of ether oxygens (including phenoxy) is 1. The lowest BCUT2D eigenvalue weighted by atomic mass is 10.2. The smallest absolute Gasteiger partial charge is 0.293 e. The molecule has 2 rings (SSSR count). The number of amides is 1. The van der Waals surface area contributed by atoms with Gasteiger partial charge in [0.25, 0.3) is 11.6 Å². The number of carbonyl (C=O) groups is 1. The minimum atomic E-state index is -0.524. The highest BCUT2D eigenvalue weighted by Gasteiger charge is 2.16. The monoisotopic (exact) mass is 300 g/mol. The molecule has 0 spiro atoms. The molecule has 0 aliphatic carbocycles. The van der Waals surface area contributed by atoms with Crippen LogP contribution in [0.2, 0.25) is 0 Å². The van der Waals surface area contributed by atoms with Gasteiger partial charge < -0.3 is 10.1 Å². The van der Waals surface area contributed by atoms with Crippen LogP contribution in [0, 0.1) is 24.0 Å². The Morgan fingerprint density at radius 1 is 1.14 bits per heavy atom. The van der Waals surface area contributed by atoms with E-state index in [0.717, 1.165) is 11.1 Å². The van der Waals surface area contributed by atoms with Crippen LogP contribution in [-0.2, 0) is 4.79 Å². The van der Waals surface area contributed by atoms with E-state index < -0.39 is 10.8 Å². The van der Waals surface area contributed by atoms with Crippen LogP contribution >= 0.6 is 0 Å². The summed E-state index contributed by atoms with van der Waals surface area (Å²) in [6.07, 6.45) is 0.